The predicted molar refractivity (Wildman–Crippen MR) is 123 cm³/mol. The van der Waals surface area contributed by atoms with Gasteiger partial charge in [0.15, 0.2) is 0 Å². The lowest BCUT2D eigenvalue weighted by Gasteiger charge is -2.24. The van der Waals surface area contributed by atoms with Gasteiger partial charge in [0.2, 0.25) is 11.7 Å². The number of hydrogen-bond acceptors (Lipinski definition) is 2. The topological polar surface area (TPSA) is 12.5 Å². The first-order chi connectivity index (χ1) is 14.9. The molecule has 4 aliphatic rings. The van der Waals surface area contributed by atoms with Crippen molar-refractivity contribution >= 4 is 11.7 Å². The van der Waals surface area contributed by atoms with Crippen molar-refractivity contribution in [3.63, 3.8) is 0 Å². The molecule has 0 aliphatic carbocycles. The summed E-state index contributed by atoms with van der Waals surface area (Å²) in [6.07, 6.45) is 13.4. The summed E-state index contributed by atoms with van der Waals surface area (Å²) < 4.78 is 5.36. The molecule has 4 heterocycles. The summed E-state index contributed by atoms with van der Waals surface area (Å²) in [4.78, 5) is 5.37. The molecule has 0 N–H and O–H groups in total. The van der Waals surface area contributed by atoms with Crippen molar-refractivity contribution in [2.75, 3.05) is 39.3 Å². The highest BCUT2D eigenvalue weighted by molar-refractivity contribution is 5.78. The maximum atomic E-state index is 2.69. The third-order valence-electron chi connectivity index (χ3n) is 7.60. The van der Waals surface area contributed by atoms with E-state index in [-0.39, 0.29) is 0 Å². The van der Waals surface area contributed by atoms with Crippen LogP contribution >= 0.6 is 0 Å². The van der Waals surface area contributed by atoms with Gasteiger partial charge >= 0.3 is 0 Å². The Bertz CT molecular complexity index is 725. The van der Waals surface area contributed by atoms with Crippen molar-refractivity contribution in [1.29, 1.82) is 0 Å². The number of rotatable bonds is 4. The highest BCUT2D eigenvalue weighted by atomic mass is 15.3. The van der Waals surface area contributed by atoms with Crippen molar-refractivity contribution in [3.05, 3.63) is 35.4 Å². The number of nitrogens with zero attached hydrogens (tertiary/aromatic N) is 4. The highest BCUT2D eigenvalue weighted by Gasteiger charge is 2.29. The Hall–Kier alpha value is -1.84. The molecule has 0 amide bonds. The minimum Gasteiger partial charge on any atom is -0.266 e. The molecule has 4 heteroatoms. The lowest BCUT2D eigenvalue weighted by molar-refractivity contribution is -0.537. The fourth-order valence-electron chi connectivity index (χ4n) is 5.94. The fraction of sp³-hybridized carbons (Fsp3) is 0.692. The molecular formula is C26H40N4+2. The fourth-order valence-corrected chi connectivity index (χ4v) is 5.94. The first-order valence-electron chi connectivity index (χ1n) is 12.7. The minimum absolute atomic E-state index is 1.08. The van der Waals surface area contributed by atoms with E-state index in [2.05, 4.69) is 43.2 Å². The highest BCUT2D eigenvalue weighted by Crippen LogP contribution is 2.20. The summed E-state index contributed by atoms with van der Waals surface area (Å²) in [5.74, 6) is 3.25. The lowest BCUT2D eigenvalue weighted by Crippen LogP contribution is -2.39. The van der Waals surface area contributed by atoms with E-state index in [1.807, 2.05) is 0 Å². The van der Waals surface area contributed by atoms with Crippen molar-refractivity contribution in [3.8, 4) is 0 Å². The standard InChI is InChI=1S/C26H40N4/c1-3-15-27-17-5-7-19-29(25(27)9-1)21-23-11-13-24(14-12-23)22-30-20-8-6-18-28-16-4-2-10-26(28)30/h11-14H,1-10,15-22H2/q+2. The molecule has 0 atom stereocenters. The zero-order valence-electron chi connectivity index (χ0n) is 18.8. The first kappa shape index (κ1) is 20.1. The number of amidine groups is 2. The average Bonchev–Trinajstić information content (AvgIpc) is 3.12. The number of hydrogen-bond donors (Lipinski definition) is 0. The van der Waals surface area contributed by atoms with Crippen LogP contribution in [-0.2, 0) is 13.1 Å². The molecule has 0 spiro atoms. The number of benzene rings is 1. The molecule has 0 saturated carbocycles. The normalized spacial score (nSPS) is 23.1. The third-order valence-corrected chi connectivity index (χ3v) is 7.60. The van der Waals surface area contributed by atoms with Gasteiger partial charge in [0.1, 0.15) is 13.1 Å². The van der Waals surface area contributed by atoms with Crippen LogP contribution in [0.25, 0.3) is 0 Å². The van der Waals surface area contributed by atoms with E-state index in [9.17, 15) is 0 Å². The van der Waals surface area contributed by atoms with Crippen LogP contribution in [0, 0.1) is 0 Å². The van der Waals surface area contributed by atoms with Crippen molar-refractivity contribution in [1.82, 2.24) is 9.80 Å². The molecule has 0 bridgehead atoms. The molecule has 0 radical (unpaired) electrons. The van der Waals surface area contributed by atoms with E-state index in [0.29, 0.717) is 0 Å². The maximum Gasteiger partial charge on any atom is 0.247 e. The minimum atomic E-state index is 1.08. The zero-order valence-corrected chi connectivity index (χ0v) is 18.8. The molecule has 5 rings (SSSR count). The SMILES string of the molecule is c1cc(CN2CCCC[N+]3=C2CCCC3)ccc1CN1CCCC[N+]2=C1CCCC2. The Kier molecular flexibility index (Phi) is 6.38. The van der Waals surface area contributed by atoms with Gasteiger partial charge in [-0.1, -0.05) is 24.3 Å². The van der Waals surface area contributed by atoms with Gasteiger partial charge in [-0.25, -0.2) is 0 Å². The quantitative estimate of drug-likeness (QED) is 0.697. The lowest BCUT2D eigenvalue weighted by atomic mass is 10.1. The second kappa shape index (κ2) is 9.53. The van der Waals surface area contributed by atoms with Crippen LogP contribution in [0.15, 0.2) is 24.3 Å². The molecular weight excluding hydrogens is 368 g/mol. The van der Waals surface area contributed by atoms with Crippen molar-refractivity contribution in [2.24, 2.45) is 0 Å². The van der Waals surface area contributed by atoms with Gasteiger partial charge in [-0.3, -0.25) is 19.0 Å². The van der Waals surface area contributed by atoms with E-state index in [1.165, 1.54) is 115 Å². The molecule has 4 nitrogen and oxygen atoms in total. The molecule has 30 heavy (non-hydrogen) atoms. The molecule has 0 aromatic heterocycles. The van der Waals surface area contributed by atoms with Crippen molar-refractivity contribution in [2.45, 2.75) is 77.3 Å². The monoisotopic (exact) mass is 408 g/mol. The summed E-state index contributed by atoms with van der Waals surface area (Å²) in [6, 6.07) is 9.59. The summed E-state index contributed by atoms with van der Waals surface area (Å²) in [7, 11) is 0. The molecule has 162 valence electrons. The van der Waals surface area contributed by atoms with E-state index in [0.717, 1.165) is 13.1 Å². The van der Waals surface area contributed by atoms with Gasteiger partial charge in [0.05, 0.1) is 39.3 Å². The Balaban J connectivity index is 1.26. The second-order valence-electron chi connectivity index (χ2n) is 9.79. The predicted octanol–water partition coefficient (Wildman–Crippen LogP) is 4.07. The van der Waals surface area contributed by atoms with Gasteiger partial charge in [-0.15, -0.1) is 0 Å². The van der Waals surface area contributed by atoms with Gasteiger partial charge in [-0.2, -0.15) is 0 Å². The van der Waals surface area contributed by atoms with E-state index >= 15 is 0 Å². The van der Waals surface area contributed by atoms with Crippen molar-refractivity contribution < 1.29 is 9.15 Å². The van der Waals surface area contributed by atoms with E-state index in [1.54, 1.807) is 11.7 Å². The molecule has 1 aromatic rings. The zero-order chi connectivity index (χ0) is 20.2. The Morgan fingerprint density at radius 2 is 0.933 bits per heavy atom. The molecule has 4 aliphatic heterocycles. The van der Waals surface area contributed by atoms with Crippen LogP contribution < -0.4 is 0 Å². The van der Waals surface area contributed by atoms with Crippen LogP contribution in [0.2, 0.25) is 0 Å². The smallest absolute Gasteiger partial charge is 0.247 e. The molecule has 0 fully saturated rings. The van der Waals surface area contributed by atoms with Gasteiger partial charge in [-0.05, 0) is 62.5 Å². The summed E-state index contributed by atoms with van der Waals surface area (Å²) in [6.45, 7) is 9.73. The van der Waals surface area contributed by atoms with Gasteiger partial charge < -0.3 is 0 Å². The third kappa shape index (κ3) is 4.58. The summed E-state index contributed by atoms with van der Waals surface area (Å²) in [5, 5.41) is 0. The Morgan fingerprint density at radius 1 is 0.533 bits per heavy atom. The average molecular weight is 409 g/mol. The summed E-state index contributed by atoms with van der Waals surface area (Å²) in [5.41, 5.74) is 2.95. The summed E-state index contributed by atoms with van der Waals surface area (Å²) >= 11 is 0. The second-order valence-corrected chi connectivity index (χ2v) is 9.79. The van der Waals surface area contributed by atoms with Crippen LogP contribution in [0.1, 0.15) is 75.3 Å². The van der Waals surface area contributed by atoms with Crippen LogP contribution in [-0.4, -0.2) is 69.9 Å². The van der Waals surface area contributed by atoms with Crippen LogP contribution in [0.4, 0.5) is 0 Å². The largest absolute Gasteiger partial charge is 0.266 e. The van der Waals surface area contributed by atoms with Crippen LogP contribution in [0.5, 0.6) is 0 Å². The first-order valence-corrected chi connectivity index (χ1v) is 12.7. The van der Waals surface area contributed by atoms with E-state index < -0.39 is 0 Å². The molecule has 1 aromatic carbocycles. The van der Waals surface area contributed by atoms with E-state index in [4.69, 9.17) is 0 Å². The maximum absolute atomic E-state index is 2.69. The molecule has 0 saturated heterocycles. The van der Waals surface area contributed by atoms with Gasteiger partial charge in [0.25, 0.3) is 0 Å². The Morgan fingerprint density at radius 3 is 1.37 bits per heavy atom. The van der Waals surface area contributed by atoms with Crippen LogP contribution in [0.3, 0.4) is 0 Å². The Labute approximate surface area is 182 Å². The molecule has 0 unspecified atom stereocenters. The van der Waals surface area contributed by atoms with Gasteiger partial charge in [0, 0.05) is 12.8 Å².